The number of aldehydes is 1. The van der Waals surface area contributed by atoms with E-state index in [1.165, 1.54) is 0 Å². The molecule has 1 N–H and O–H groups in total. The zero-order chi connectivity index (χ0) is 8.43. The van der Waals surface area contributed by atoms with Crippen molar-refractivity contribution in [3.63, 3.8) is 0 Å². The summed E-state index contributed by atoms with van der Waals surface area (Å²) in [6.45, 7) is 0. The standard InChI is InChI=1S/C6H3ClO4/c7-5-4(6(9)10)1-3(2-8)11-5/h1-2H,(H,9,10). The molecule has 0 radical (unpaired) electrons. The Bertz CT molecular complexity index is 302. The van der Waals surface area contributed by atoms with E-state index >= 15 is 0 Å². The summed E-state index contributed by atoms with van der Waals surface area (Å²) in [6, 6.07) is 1.07. The Hall–Kier alpha value is -1.29. The molecule has 0 unspecified atom stereocenters. The highest BCUT2D eigenvalue weighted by Gasteiger charge is 2.14. The van der Waals surface area contributed by atoms with Crippen LogP contribution in [0.2, 0.25) is 5.22 Å². The summed E-state index contributed by atoms with van der Waals surface area (Å²) >= 11 is 5.31. The molecule has 0 aromatic carbocycles. The fourth-order valence-electron chi connectivity index (χ4n) is 0.591. The molecule has 0 bridgehead atoms. The number of rotatable bonds is 2. The van der Waals surface area contributed by atoms with E-state index in [0.717, 1.165) is 6.07 Å². The van der Waals surface area contributed by atoms with Gasteiger partial charge in [-0.15, -0.1) is 0 Å². The maximum atomic E-state index is 10.3. The zero-order valence-electron chi connectivity index (χ0n) is 5.20. The zero-order valence-corrected chi connectivity index (χ0v) is 5.96. The van der Waals surface area contributed by atoms with Crippen molar-refractivity contribution in [3.05, 3.63) is 22.6 Å². The summed E-state index contributed by atoms with van der Waals surface area (Å²) < 4.78 is 4.54. The molecule has 1 aromatic rings. The lowest BCUT2D eigenvalue weighted by Gasteiger charge is -1.82. The highest BCUT2D eigenvalue weighted by atomic mass is 35.5. The van der Waals surface area contributed by atoms with Crippen LogP contribution in [0.1, 0.15) is 20.9 Å². The Morgan fingerprint density at radius 1 is 1.73 bits per heavy atom. The fourth-order valence-corrected chi connectivity index (χ4v) is 0.815. The molecule has 0 atom stereocenters. The minimum absolute atomic E-state index is 0.0904. The number of carbonyl (C=O) groups is 2. The van der Waals surface area contributed by atoms with Gasteiger partial charge in [0.15, 0.2) is 12.0 Å². The van der Waals surface area contributed by atoms with E-state index in [1.54, 1.807) is 0 Å². The smallest absolute Gasteiger partial charge is 0.340 e. The van der Waals surface area contributed by atoms with E-state index in [1.807, 2.05) is 0 Å². The highest BCUT2D eigenvalue weighted by molar-refractivity contribution is 6.31. The van der Waals surface area contributed by atoms with Crippen LogP contribution in [0.4, 0.5) is 0 Å². The Morgan fingerprint density at radius 3 is 2.64 bits per heavy atom. The van der Waals surface area contributed by atoms with Gasteiger partial charge in [-0.3, -0.25) is 4.79 Å². The number of hydrogen-bond acceptors (Lipinski definition) is 3. The van der Waals surface area contributed by atoms with E-state index in [0.29, 0.717) is 6.29 Å². The molecule has 1 rings (SSSR count). The molecule has 4 nitrogen and oxygen atoms in total. The third kappa shape index (κ3) is 1.40. The van der Waals surface area contributed by atoms with Crippen LogP contribution in [-0.4, -0.2) is 17.4 Å². The Balaban J connectivity index is 3.16. The molecular formula is C6H3ClO4. The highest BCUT2D eigenvalue weighted by Crippen LogP contribution is 2.19. The summed E-state index contributed by atoms with van der Waals surface area (Å²) in [7, 11) is 0. The van der Waals surface area contributed by atoms with Crippen molar-refractivity contribution in [2.45, 2.75) is 0 Å². The molecule has 0 aliphatic rings. The van der Waals surface area contributed by atoms with E-state index in [2.05, 4.69) is 4.42 Å². The van der Waals surface area contributed by atoms with Crippen LogP contribution in [0.25, 0.3) is 0 Å². The second-order valence-corrected chi connectivity index (χ2v) is 2.10. The molecule has 0 aliphatic carbocycles. The molecule has 58 valence electrons. The van der Waals surface area contributed by atoms with Crippen LogP contribution in [0.5, 0.6) is 0 Å². The molecule has 1 heterocycles. The number of halogens is 1. The SMILES string of the molecule is O=Cc1cc(C(=O)O)c(Cl)o1. The normalized spacial score (nSPS) is 9.55. The molecule has 0 amide bonds. The van der Waals surface area contributed by atoms with Gasteiger partial charge in [0.2, 0.25) is 5.22 Å². The first-order valence-electron chi connectivity index (χ1n) is 2.63. The minimum atomic E-state index is -1.22. The number of carboxylic acids is 1. The molecule has 0 saturated carbocycles. The molecule has 5 heteroatoms. The Morgan fingerprint density at radius 2 is 2.36 bits per heavy atom. The van der Waals surface area contributed by atoms with Gasteiger partial charge in [0, 0.05) is 6.07 Å². The van der Waals surface area contributed by atoms with Crippen LogP contribution in [-0.2, 0) is 0 Å². The first kappa shape index (κ1) is 7.81. The molecule has 0 fully saturated rings. The molecule has 1 aromatic heterocycles. The number of carbonyl (C=O) groups excluding carboxylic acids is 1. The predicted molar refractivity (Wildman–Crippen MR) is 36.1 cm³/mol. The van der Waals surface area contributed by atoms with Crippen LogP contribution < -0.4 is 0 Å². The molecule has 11 heavy (non-hydrogen) atoms. The number of furan rings is 1. The van der Waals surface area contributed by atoms with Crippen LogP contribution >= 0.6 is 11.6 Å². The van der Waals surface area contributed by atoms with Crippen molar-refractivity contribution < 1.29 is 19.1 Å². The number of aromatic carboxylic acids is 1. The average Bonchev–Trinajstić information content (AvgIpc) is 2.30. The third-order valence-corrected chi connectivity index (χ3v) is 1.33. The van der Waals surface area contributed by atoms with Gasteiger partial charge in [0.05, 0.1) is 0 Å². The van der Waals surface area contributed by atoms with Gasteiger partial charge in [-0.1, -0.05) is 0 Å². The lowest BCUT2D eigenvalue weighted by Crippen LogP contribution is -1.93. The van der Waals surface area contributed by atoms with Gasteiger partial charge in [-0.2, -0.15) is 0 Å². The van der Waals surface area contributed by atoms with Crippen molar-refractivity contribution >= 4 is 23.9 Å². The lowest BCUT2D eigenvalue weighted by molar-refractivity contribution is 0.0696. The lowest BCUT2D eigenvalue weighted by atomic mass is 10.3. The fraction of sp³-hybridized carbons (Fsp3) is 0. The second kappa shape index (κ2) is 2.75. The van der Waals surface area contributed by atoms with Gasteiger partial charge in [-0.25, -0.2) is 4.79 Å². The van der Waals surface area contributed by atoms with E-state index in [4.69, 9.17) is 16.7 Å². The van der Waals surface area contributed by atoms with Crippen molar-refractivity contribution in [2.24, 2.45) is 0 Å². The van der Waals surface area contributed by atoms with E-state index in [9.17, 15) is 9.59 Å². The van der Waals surface area contributed by atoms with E-state index < -0.39 is 5.97 Å². The summed E-state index contributed by atoms with van der Waals surface area (Å²) in [6.07, 6.45) is 0.387. The summed E-state index contributed by atoms with van der Waals surface area (Å²) in [4.78, 5) is 20.3. The number of hydrogen-bond donors (Lipinski definition) is 1. The van der Waals surface area contributed by atoms with Crippen LogP contribution in [0.3, 0.4) is 0 Å². The van der Waals surface area contributed by atoms with Crippen molar-refractivity contribution in [1.82, 2.24) is 0 Å². The quantitative estimate of drug-likeness (QED) is 0.689. The Labute approximate surface area is 66.4 Å². The third-order valence-electron chi connectivity index (χ3n) is 1.05. The summed E-state index contributed by atoms with van der Waals surface area (Å²) in [5.41, 5.74) is -0.200. The molecule has 0 aliphatic heterocycles. The largest absolute Gasteiger partial charge is 0.478 e. The Kier molecular flexibility index (Phi) is 1.96. The van der Waals surface area contributed by atoms with Crippen LogP contribution in [0.15, 0.2) is 10.5 Å². The predicted octanol–water partition coefficient (Wildman–Crippen LogP) is 1.44. The molecule has 0 saturated heterocycles. The maximum absolute atomic E-state index is 10.3. The first-order chi connectivity index (χ1) is 5.15. The van der Waals surface area contributed by atoms with Gasteiger partial charge < -0.3 is 9.52 Å². The van der Waals surface area contributed by atoms with Crippen LogP contribution in [0, 0.1) is 0 Å². The molecular weight excluding hydrogens is 172 g/mol. The van der Waals surface area contributed by atoms with Crippen molar-refractivity contribution in [1.29, 1.82) is 0 Å². The van der Waals surface area contributed by atoms with Crippen molar-refractivity contribution in [2.75, 3.05) is 0 Å². The monoisotopic (exact) mass is 174 g/mol. The first-order valence-corrected chi connectivity index (χ1v) is 3.00. The summed E-state index contributed by atoms with van der Waals surface area (Å²) in [5, 5.41) is 8.14. The minimum Gasteiger partial charge on any atom is -0.478 e. The number of carboxylic acid groups (broad SMARTS) is 1. The summed E-state index contributed by atoms with van der Waals surface area (Å²) in [5.74, 6) is -1.31. The topological polar surface area (TPSA) is 67.5 Å². The van der Waals surface area contributed by atoms with Gasteiger partial charge in [0.1, 0.15) is 5.56 Å². The van der Waals surface area contributed by atoms with Crippen molar-refractivity contribution in [3.8, 4) is 0 Å². The van der Waals surface area contributed by atoms with Gasteiger partial charge in [0.25, 0.3) is 0 Å². The van der Waals surface area contributed by atoms with Gasteiger partial charge in [-0.05, 0) is 11.6 Å². The molecule has 0 spiro atoms. The maximum Gasteiger partial charge on any atom is 0.340 e. The second-order valence-electron chi connectivity index (χ2n) is 1.76. The van der Waals surface area contributed by atoms with E-state index in [-0.39, 0.29) is 16.5 Å². The average molecular weight is 175 g/mol. The van der Waals surface area contributed by atoms with Gasteiger partial charge >= 0.3 is 5.97 Å².